The third-order valence-corrected chi connectivity index (χ3v) is 3.98. The van der Waals surface area contributed by atoms with E-state index in [9.17, 15) is 18.0 Å². The fraction of sp³-hybridized carbons (Fsp3) is 0.471. The van der Waals surface area contributed by atoms with Crippen molar-refractivity contribution in [1.29, 1.82) is 0 Å². The van der Waals surface area contributed by atoms with Gasteiger partial charge in [0, 0.05) is 6.20 Å². The normalized spacial score (nSPS) is 11.5. The molecule has 0 aliphatic rings. The predicted octanol–water partition coefficient (Wildman–Crippen LogP) is 5.19. The number of aromatic nitrogens is 2. The quantitative estimate of drug-likeness (QED) is 0.756. The van der Waals surface area contributed by atoms with Gasteiger partial charge in [-0.3, -0.25) is 4.79 Å². The maximum Gasteiger partial charge on any atom is 0.416 e. The van der Waals surface area contributed by atoms with Gasteiger partial charge in [-0.05, 0) is 25.5 Å². The molecule has 0 saturated carbocycles. The molecule has 5 nitrogen and oxygen atoms in total. The van der Waals surface area contributed by atoms with E-state index < -0.39 is 17.6 Å². The molecule has 0 aliphatic heterocycles. The molecule has 2 aromatic heterocycles. The van der Waals surface area contributed by atoms with Crippen LogP contribution in [0.15, 0.2) is 18.5 Å². The van der Waals surface area contributed by atoms with E-state index in [1.807, 2.05) is 27.7 Å². The summed E-state index contributed by atoms with van der Waals surface area (Å²) in [6.45, 7) is 11.0. The van der Waals surface area contributed by atoms with Crippen LogP contribution in [0.25, 0.3) is 0 Å². The average Bonchev–Trinajstić information content (AvgIpc) is 3.10. The standard InChI is InChI=1S/C13H13F3N4OS.2C2H6/c1-6-4-18-10(3-8(6)13(14,15)16)20-11(21)9-5-19-12(22-9)7(2)17;2*1-2/h3-5,7H,17H2,1-2H3,(H,18,20,21);2*1-2H3. The molecular weight excluding hydrogens is 365 g/mol. The van der Waals surface area contributed by atoms with Crippen LogP contribution in [0.1, 0.15) is 66.5 Å². The van der Waals surface area contributed by atoms with Gasteiger partial charge in [-0.1, -0.05) is 27.7 Å². The van der Waals surface area contributed by atoms with Crippen molar-refractivity contribution < 1.29 is 18.0 Å². The molecule has 0 saturated heterocycles. The zero-order valence-corrected chi connectivity index (χ0v) is 16.5. The summed E-state index contributed by atoms with van der Waals surface area (Å²) in [5, 5.41) is 2.90. The summed E-state index contributed by atoms with van der Waals surface area (Å²) in [5.41, 5.74) is 4.80. The van der Waals surface area contributed by atoms with Crippen molar-refractivity contribution in [2.24, 2.45) is 5.73 Å². The molecule has 2 rings (SSSR count). The summed E-state index contributed by atoms with van der Waals surface area (Å²) in [7, 11) is 0. The zero-order valence-electron chi connectivity index (χ0n) is 15.7. The summed E-state index contributed by atoms with van der Waals surface area (Å²) < 4.78 is 38.5. The number of pyridine rings is 1. The van der Waals surface area contributed by atoms with Gasteiger partial charge in [0.05, 0.1) is 17.8 Å². The Balaban J connectivity index is 0.00000146. The van der Waals surface area contributed by atoms with Crippen LogP contribution in [0, 0.1) is 6.92 Å². The molecule has 0 radical (unpaired) electrons. The first-order valence-electron chi connectivity index (χ1n) is 8.25. The van der Waals surface area contributed by atoms with Gasteiger partial charge < -0.3 is 11.1 Å². The molecular formula is C17H25F3N4OS. The number of thiazole rings is 1. The number of nitrogens with two attached hydrogens (primary N) is 1. The van der Waals surface area contributed by atoms with Crippen molar-refractivity contribution in [2.45, 2.75) is 53.8 Å². The van der Waals surface area contributed by atoms with Crippen molar-refractivity contribution in [1.82, 2.24) is 9.97 Å². The van der Waals surface area contributed by atoms with Crippen molar-refractivity contribution in [3.8, 4) is 0 Å². The molecule has 0 fully saturated rings. The van der Waals surface area contributed by atoms with Crippen LogP contribution in [0.2, 0.25) is 0 Å². The lowest BCUT2D eigenvalue weighted by molar-refractivity contribution is -0.138. The number of nitrogens with one attached hydrogen (secondary N) is 1. The van der Waals surface area contributed by atoms with E-state index >= 15 is 0 Å². The summed E-state index contributed by atoms with van der Waals surface area (Å²) >= 11 is 1.08. The molecule has 9 heteroatoms. The topological polar surface area (TPSA) is 80.9 Å². The fourth-order valence-corrected chi connectivity index (χ4v) is 2.44. The van der Waals surface area contributed by atoms with E-state index in [4.69, 9.17) is 5.73 Å². The maximum absolute atomic E-state index is 12.8. The van der Waals surface area contributed by atoms with Gasteiger partial charge in [0.25, 0.3) is 5.91 Å². The lowest BCUT2D eigenvalue weighted by atomic mass is 10.1. The highest BCUT2D eigenvalue weighted by molar-refractivity contribution is 7.13. The lowest BCUT2D eigenvalue weighted by Crippen LogP contribution is -2.14. The highest BCUT2D eigenvalue weighted by atomic mass is 32.1. The highest BCUT2D eigenvalue weighted by Gasteiger charge is 2.33. The van der Waals surface area contributed by atoms with E-state index in [0.717, 1.165) is 23.6 Å². The Kier molecular flexibility index (Phi) is 10.0. The van der Waals surface area contributed by atoms with Crippen molar-refractivity contribution in [3.05, 3.63) is 39.5 Å². The molecule has 0 aliphatic carbocycles. The van der Waals surface area contributed by atoms with E-state index in [-0.39, 0.29) is 22.3 Å². The molecule has 0 spiro atoms. The number of amides is 1. The molecule has 26 heavy (non-hydrogen) atoms. The Morgan fingerprint density at radius 3 is 2.23 bits per heavy atom. The number of nitrogens with zero attached hydrogens (tertiary/aromatic N) is 2. The first-order valence-corrected chi connectivity index (χ1v) is 9.06. The van der Waals surface area contributed by atoms with Crippen molar-refractivity contribution in [2.75, 3.05) is 5.32 Å². The summed E-state index contributed by atoms with van der Waals surface area (Å²) in [5.74, 6) is -0.743. The van der Waals surface area contributed by atoms with Gasteiger partial charge in [0.15, 0.2) is 0 Å². The number of carbonyl (C=O) groups is 1. The smallest absolute Gasteiger partial charge is 0.322 e. The largest absolute Gasteiger partial charge is 0.416 e. The fourth-order valence-electron chi connectivity index (χ4n) is 1.68. The number of hydrogen-bond acceptors (Lipinski definition) is 5. The molecule has 2 aromatic rings. The average molecular weight is 390 g/mol. The first kappa shape index (κ1) is 24.0. The van der Waals surface area contributed by atoms with Crippen LogP contribution in [-0.2, 0) is 6.18 Å². The molecule has 1 amide bonds. The Labute approximate surface area is 155 Å². The van der Waals surface area contributed by atoms with E-state index in [1.54, 1.807) is 6.92 Å². The molecule has 1 unspecified atom stereocenters. The van der Waals surface area contributed by atoms with Crippen molar-refractivity contribution >= 4 is 23.1 Å². The van der Waals surface area contributed by atoms with E-state index in [2.05, 4.69) is 15.3 Å². The predicted molar refractivity (Wildman–Crippen MR) is 99.3 cm³/mol. The van der Waals surface area contributed by atoms with Crippen LogP contribution in [0.4, 0.5) is 19.0 Å². The number of aryl methyl sites for hydroxylation is 1. The summed E-state index contributed by atoms with van der Waals surface area (Å²) in [6.07, 6.45) is -2.10. The first-order chi connectivity index (χ1) is 12.2. The Morgan fingerprint density at radius 2 is 1.77 bits per heavy atom. The highest BCUT2D eigenvalue weighted by Crippen LogP contribution is 2.32. The maximum atomic E-state index is 12.8. The lowest BCUT2D eigenvalue weighted by Gasteiger charge is -2.11. The zero-order chi connectivity index (χ0) is 20.5. The second-order valence-electron chi connectivity index (χ2n) is 4.69. The summed E-state index contributed by atoms with van der Waals surface area (Å²) in [6, 6.07) is 0.488. The number of hydrogen-bond donors (Lipinski definition) is 2. The van der Waals surface area contributed by atoms with Crippen LogP contribution in [-0.4, -0.2) is 15.9 Å². The number of rotatable bonds is 3. The third-order valence-electron chi connectivity index (χ3n) is 2.79. The third kappa shape index (κ3) is 6.72. The van der Waals surface area contributed by atoms with Crippen LogP contribution >= 0.6 is 11.3 Å². The monoisotopic (exact) mass is 390 g/mol. The second kappa shape index (κ2) is 10.9. The minimum Gasteiger partial charge on any atom is -0.322 e. The minimum atomic E-state index is -4.50. The molecule has 1 atom stereocenters. The Bertz CT molecular complexity index is 700. The minimum absolute atomic E-state index is 0.0115. The van der Waals surface area contributed by atoms with Gasteiger partial charge in [-0.15, -0.1) is 11.3 Å². The molecule has 0 aromatic carbocycles. The van der Waals surface area contributed by atoms with Crippen LogP contribution < -0.4 is 11.1 Å². The second-order valence-corrected chi connectivity index (χ2v) is 5.75. The van der Waals surface area contributed by atoms with E-state index in [1.165, 1.54) is 13.1 Å². The molecule has 2 heterocycles. The molecule has 146 valence electrons. The number of carbonyl (C=O) groups excluding carboxylic acids is 1. The van der Waals surface area contributed by atoms with Crippen LogP contribution in [0.3, 0.4) is 0 Å². The van der Waals surface area contributed by atoms with Gasteiger partial charge in [-0.25, -0.2) is 9.97 Å². The van der Waals surface area contributed by atoms with Gasteiger partial charge in [-0.2, -0.15) is 13.2 Å². The van der Waals surface area contributed by atoms with Gasteiger partial charge >= 0.3 is 6.18 Å². The molecule has 3 N–H and O–H groups in total. The van der Waals surface area contributed by atoms with Crippen LogP contribution in [0.5, 0.6) is 0 Å². The Hall–Kier alpha value is -2.00. The van der Waals surface area contributed by atoms with Gasteiger partial charge in [0.1, 0.15) is 15.7 Å². The SMILES string of the molecule is CC.CC.Cc1cnc(NC(=O)c2cnc(C(C)N)s2)cc1C(F)(F)F. The van der Waals surface area contributed by atoms with Crippen molar-refractivity contribution in [3.63, 3.8) is 0 Å². The molecule has 0 bridgehead atoms. The Morgan fingerprint density at radius 1 is 1.19 bits per heavy atom. The number of alkyl halides is 3. The number of anilines is 1. The van der Waals surface area contributed by atoms with Gasteiger partial charge in [0.2, 0.25) is 0 Å². The van der Waals surface area contributed by atoms with E-state index in [0.29, 0.717) is 5.01 Å². The summed E-state index contributed by atoms with van der Waals surface area (Å²) in [4.78, 5) is 20.0. The number of halogens is 3.